The Morgan fingerprint density at radius 3 is 2.21 bits per heavy atom. The number of carbonyl (C=O) groups is 2. The first-order chi connectivity index (χ1) is 15.6. The summed E-state index contributed by atoms with van der Waals surface area (Å²) in [4.78, 5) is 24.2. The number of carbonyl (C=O) groups excluding carboxylic acids is 2. The lowest BCUT2D eigenvalue weighted by Crippen LogP contribution is -2.46. The van der Waals surface area contributed by atoms with Crippen LogP contribution in [0.25, 0.3) is 0 Å². The Bertz CT molecular complexity index is 1160. The van der Waals surface area contributed by atoms with E-state index >= 15 is 0 Å². The molecule has 0 spiro atoms. The fourth-order valence-electron chi connectivity index (χ4n) is 2.87. The van der Waals surface area contributed by atoms with Gasteiger partial charge in [-0.3, -0.25) is 20.4 Å². The molecular weight excluding hydrogens is 466 g/mol. The topological polar surface area (TPSA) is 67.4 Å². The van der Waals surface area contributed by atoms with Crippen molar-refractivity contribution in [1.29, 1.82) is 0 Å². The predicted octanol–water partition coefficient (Wildman–Crippen LogP) is 6.11. The fourth-order valence-corrected chi connectivity index (χ4v) is 3.24. The Hall–Kier alpha value is -3.09. The third-order valence-electron chi connectivity index (χ3n) is 4.77. The van der Waals surface area contributed by atoms with E-state index in [9.17, 15) is 14.0 Å². The largest absolute Gasteiger partial charge is 0.478 e. The van der Waals surface area contributed by atoms with E-state index in [2.05, 4.69) is 10.9 Å². The lowest BCUT2D eigenvalue weighted by Gasteiger charge is -2.22. The van der Waals surface area contributed by atoms with Crippen LogP contribution in [0.1, 0.15) is 48.4 Å². The molecule has 0 bridgehead atoms. The fraction of sp³-hybridized carbons (Fsp3) is 0.200. The van der Waals surface area contributed by atoms with Gasteiger partial charge in [0, 0.05) is 26.6 Å². The molecule has 1 atom stereocenters. The normalized spacial score (nSPS) is 12.1. The second-order valence-corrected chi connectivity index (χ2v) is 9.22. The highest BCUT2D eigenvalue weighted by Crippen LogP contribution is 2.34. The maximum absolute atomic E-state index is 14.9. The first-order valence-corrected chi connectivity index (χ1v) is 10.9. The summed E-state index contributed by atoms with van der Waals surface area (Å²) in [5, 5.41) is 1.01. The first-order valence-electron chi connectivity index (χ1n) is 10.1. The highest BCUT2D eigenvalue weighted by atomic mass is 35.5. The lowest BCUT2D eigenvalue weighted by molar-refractivity contribution is -0.129. The summed E-state index contributed by atoms with van der Waals surface area (Å²) in [6, 6.07) is 17.9. The molecule has 0 aliphatic rings. The summed E-state index contributed by atoms with van der Waals surface area (Å²) in [5.41, 5.74) is 5.31. The van der Waals surface area contributed by atoms with Crippen LogP contribution < -0.4 is 15.6 Å². The molecule has 1 unspecified atom stereocenters. The standard InChI is InChI=1S/C25H23Cl2FN2O3/c1-25(2,3)24(32)30-29-23(31)16-10-13-21(20(28)14-16)33-22(15-8-11-17(26)12-9-15)18-6-4-5-7-19(18)27/h4-14,22H,1-3H3,(H,29,31)(H,30,32). The molecule has 0 radical (unpaired) electrons. The van der Waals surface area contributed by atoms with E-state index in [4.69, 9.17) is 27.9 Å². The monoisotopic (exact) mass is 488 g/mol. The van der Waals surface area contributed by atoms with Gasteiger partial charge in [-0.15, -0.1) is 0 Å². The molecule has 172 valence electrons. The molecule has 3 aromatic carbocycles. The zero-order valence-electron chi connectivity index (χ0n) is 18.3. The van der Waals surface area contributed by atoms with Crippen LogP contribution in [0.4, 0.5) is 4.39 Å². The summed E-state index contributed by atoms with van der Waals surface area (Å²) in [5.74, 6) is -1.83. The lowest BCUT2D eigenvalue weighted by atomic mass is 9.96. The zero-order chi connectivity index (χ0) is 24.2. The van der Waals surface area contributed by atoms with E-state index in [1.165, 1.54) is 12.1 Å². The van der Waals surface area contributed by atoms with Gasteiger partial charge in [-0.1, -0.05) is 74.3 Å². The van der Waals surface area contributed by atoms with Crippen molar-refractivity contribution >= 4 is 35.0 Å². The van der Waals surface area contributed by atoms with Crippen molar-refractivity contribution in [1.82, 2.24) is 10.9 Å². The van der Waals surface area contributed by atoms with E-state index in [0.29, 0.717) is 15.6 Å². The molecule has 0 heterocycles. The molecule has 0 saturated heterocycles. The van der Waals surface area contributed by atoms with Crippen molar-refractivity contribution in [3.63, 3.8) is 0 Å². The average molecular weight is 489 g/mol. The third-order valence-corrected chi connectivity index (χ3v) is 5.37. The summed E-state index contributed by atoms with van der Waals surface area (Å²) in [6.07, 6.45) is -0.712. The number of hydrogen-bond donors (Lipinski definition) is 2. The number of amides is 2. The smallest absolute Gasteiger partial charge is 0.269 e. The summed E-state index contributed by atoms with van der Waals surface area (Å²) in [7, 11) is 0. The Morgan fingerprint density at radius 2 is 1.61 bits per heavy atom. The molecule has 3 rings (SSSR count). The van der Waals surface area contributed by atoms with E-state index in [1.807, 2.05) is 6.07 Å². The van der Waals surface area contributed by atoms with Gasteiger partial charge in [0.05, 0.1) is 0 Å². The zero-order valence-corrected chi connectivity index (χ0v) is 19.8. The van der Waals surface area contributed by atoms with Gasteiger partial charge >= 0.3 is 0 Å². The highest BCUT2D eigenvalue weighted by molar-refractivity contribution is 6.31. The van der Waals surface area contributed by atoms with Gasteiger partial charge in [0.2, 0.25) is 5.91 Å². The molecule has 0 aliphatic heterocycles. The number of hydrogen-bond acceptors (Lipinski definition) is 3. The molecule has 8 heteroatoms. The van der Waals surface area contributed by atoms with Crippen molar-refractivity contribution in [2.75, 3.05) is 0 Å². The van der Waals surface area contributed by atoms with Crippen molar-refractivity contribution in [3.8, 4) is 5.75 Å². The third kappa shape index (κ3) is 6.24. The quantitative estimate of drug-likeness (QED) is 0.425. The number of nitrogens with one attached hydrogen (secondary N) is 2. The minimum Gasteiger partial charge on any atom is -0.478 e. The van der Waals surface area contributed by atoms with E-state index in [1.54, 1.807) is 63.2 Å². The molecule has 2 amide bonds. The molecule has 5 nitrogen and oxygen atoms in total. The number of ether oxygens (including phenoxy) is 1. The van der Waals surface area contributed by atoms with Crippen molar-refractivity contribution in [2.45, 2.75) is 26.9 Å². The maximum Gasteiger partial charge on any atom is 0.269 e. The Morgan fingerprint density at radius 1 is 0.939 bits per heavy atom. The van der Waals surface area contributed by atoms with Crippen LogP contribution in [0.15, 0.2) is 66.7 Å². The maximum atomic E-state index is 14.9. The van der Waals surface area contributed by atoms with Gasteiger partial charge in [0.25, 0.3) is 5.91 Å². The van der Waals surface area contributed by atoms with Gasteiger partial charge < -0.3 is 4.74 Å². The van der Waals surface area contributed by atoms with Crippen molar-refractivity contribution in [2.24, 2.45) is 5.41 Å². The van der Waals surface area contributed by atoms with E-state index in [-0.39, 0.29) is 17.2 Å². The van der Waals surface area contributed by atoms with Crippen LogP contribution in [0, 0.1) is 11.2 Å². The van der Waals surface area contributed by atoms with Crippen molar-refractivity contribution in [3.05, 3.63) is 99.3 Å². The molecule has 2 N–H and O–H groups in total. The van der Waals surface area contributed by atoms with Crippen LogP contribution in [-0.2, 0) is 4.79 Å². The van der Waals surface area contributed by atoms with Crippen LogP contribution in [-0.4, -0.2) is 11.8 Å². The van der Waals surface area contributed by atoms with Gasteiger partial charge in [-0.05, 0) is 42.0 Å². The second-order valence-electron chi connectivity index (χ2n) is 8.37. The number of rotatable bonds is 5. The van der Waals surface area contributed by atoms with Gasteiger partial charge in [0.15, 0.2) is 17.7 Å². The Labute approximate surface area is 201 Å². The summed E-state index contributed by atoms with van der Waals surface area (Å²) >= 11 is 12.4. The van der Waals surface area contributed by atoms with Crippen LogP contribution in [0.2, 0.25) is 10.0 Å². The Kier molecular flexibility index (Phi) is 7.61. The summed E-state index contributed by atoms with van der Waals surface area (Å²) in [6.45, 7) is 5.11. The van der Waals surface area contributed by atoms with E-state index in [0.717, 1.165) is 11.6 Å². The van der Waals surface area contributed by atoms with E-state index < -0.39 is 23.2 Å². The number of benzene rings is 3. The van der Waals surface area contributed by atoms with Crippen molar-refractivity contribution < 1.29 is 18.7 Å². The molecule has 33 heavy (non-hydrogen) atoms. The SMILES string of the molecule is CC(C)(C)C(=O)NNC(=O)c1ccc(OC(c2ccc(Cl)cc2)c2ccccc2Cl)c(F)c1. The summed E-state index contributed by atoms with van der Waals surface area (Å²) < 4.78 is 20.9. The van der Waals surface area contributed by atoms with Crippen LogP contribution in [0.3, 0.4) is 0 Å². The Balaban J connectivity index is 1.84. The minimum absolute atomic E-state index is 0.0230. The van der Waals surface area contributed by atoms with Gasteiger partial charge in [-0.25, -0.2) is 4.39 Å². The molecule has 0 saturated carbocycles. The highest BCUT2D eigenvalue weighted by Gasteiger charge is 2.23. The second kappa shape index (κ2) is 10.2. The molecule has 0 fully saturated rings. The van der Waals surface area contributed by atoms with Gasteiger partial charge in [0.1, 0.15) is 0 Å². The van der Waals surface area contributed by atoms with Crippen LogP contribution in [0.5, 0.6) is 5.75 Å². The number of hydrazine groups is 1. The molecular formula is C25H23Cl2FN2O3. The average Bonchev–Trinajstić information content (AvgIpc) is 2.77. The molecule has 3 aromatic rings. The first kappa shape index (κ1) is 24.6. The number of halogens is 3. The minimum atomic E-state index is -0.740. The molecule has 0 aromatic heterocycles. The molecule has 0 aliphatic carbocycles. The predicted molar refractivity (Wildman–Crippen MR) is 127 cm³/mol. The van der Waals surface area contributed by atoms with Gasteiger partial charge in [-0.2, -0.15) is 0 Å². The van der Waals surface area contributed by atoms with Crippen LogP contribution >= 0.6 is 23.2 Å².